The summed E-state index contributed by atoms with van der Waals surface area (Å²) in [6, 6.07) is 9.87. The zero-order chi connectivity index (χ0) is 13.8. The lowest BCUT2D eigenvalue weighted by Gasteiger charge is -2.15. The molecule has 0 spiro atoms. The quantitative estimate of drug-likeness (QED) is 0.887. The van der Waals surface area contributed by atoms with Gasteiger partial charge in [0.15, 0.2) is 0 Å². The van der Waals surface area contributed by atoms with Crippen molar-refractivity contribution >= 4 is 27.4 Å². The molecule has 0 bridgehead atoms. The smallest absolute Gasteiger partial charge is 0.143 e. The van der Waals surface area contributed by atoms with Crippen LogP contribution in [0, 0.1) is 6.92 Å². The number of anilines is 2. The van der Waals surface area contributed by atoms with E-state index < -0.39 is 0 Å². The lowest BCUT2D eigenvalue weighted by Crippen LogP contribution is -2.07. The van der Waals surface area contributed by atoms with Crippen LogP contribution in [-0.2, 0) is 0 Å². The lowest BCUT2D eigenvalue weighted by molar-refractivity contribution is 0.244. The number of para-hydroxylation sites is 2. The molecule has 0 aliphatic rings. The van der Waals surface area contributed by atoms with Gasteiger partial charge in [0.05, 0.1) is 11.8 Å². The summed E-state index contributed by atoms with van der Waals surface area (Å²) in [5.41, 5.74) is 2.06. The van der Waals surface area contributed by atoms with Crippen molar-refractivity contribution in [3.8, 4) is 5.75 Å². The van der Waals surface area contributed by atoms with Gasteiger partial charge < -0.3 is 10.1 Å². The van der Waals surface area contributed by atoms with Gasteiger partial charge in [0.25, 0.3) is 0 Å². The van der Waals surface area contributed by atoms with Crippen LogP contribution in [0.3, 0.4) is 0 Å². The van der Waals surface area contributed by atoms with Gasteiger partial charge in [-0.2, -0.15) is 0 Å². The number of hydrogen-bond donors (Lipinski definition) is 1. The van der Waals surface area contributed by atoms with Crippen molar-refractivity contribution in [1.29, 1.82) is 0 Å². The molecule has 1 heterocycles. The van der Waals surface area contributed by atoms with E-state index in [-0.39, 0.29) is 6.10 Å². The summed E-state index contributed by atoms with van der Waals surface area (Å²) in [6.45, 7) is 6.06. The third-order valence-corrected chi connectivity index (χ3v) is 3.39. The van der Waals surface area contributed by atoms with Gasteiger partial charge in [-0.05, 0) is 60.5 Å². The highest BCUT2D eigenvalue weighted by atomic mass is 79.9. The number of benzene rings is 1. The number of ether oxygens (including phenoxy) is 1. The first-order chi connectivity index (χ1) is 9.06. The van der Waals surface area contributed by atoms with E-state index in [0.717, 1.165) is 27.3 Å². The van der Waals surface area contributed by atoms with Gasteiger partial charge in [-0.3, -0.25) is 0 Å². The van der Waals surface area contributed by atoms with E-state index in [0.29, 0.717) is 0 Å². The van der Waals surface area contributed by atoms with Crippen LogP contribution in [0.2, 0.25) is 0 Å². The molecule has 100 valence electrons. The third kappa shape index (κ3) is 3.70. The molecule has 0 unspecified atom stereocenters. The van der Waals surface area contributed by atoms with Gasteiger partial charge >= 0.3 is 0 Å². The normalized spacial score (nSPS) is 10.6. The number of hydrogen-bond acceptors (Lipinski definition) is 3. The summed E-state index contributed by atoms with van der Waals surface area (Å²) in [5, 5.41) is 3.29. The second kappa shape index (κ2) is 6.06. The molecule has 2 aromatic rings. The monoisotopic (exact) mass is 320 g/mol. The van der Waals surface area contributed by atoms with Crippen LogP contribution in [-0.4, -0.2) is 11.1 Å². The zero-order valence-electron chi connectivity index (χ0n) is 11.3. The highest BCUT2D eigenvalue weighted by molar-refractivity contribution is 9.10. The Morgan fingerprint density at radius 2 is 2.00 bits per heavy atom. The molecule has 0 aliphatic carbocycles. The Morgan fingerprint density at radius 3 is 2.68 bits per heavy atom. The van der Waals surface area contributed by atoms with Crippen molar-refractivity contribution in [1.82, 2.24) is 4.98 Å². The number of pyridine rings is 1. The average molecular weight is 321 g/mol. The van der Waals surface area contributed by atoms with Crippen molar-refractivity contribution < 1.29 is 4.74 Å². The van der Waals surface area contributed by atoms with Crippen molar-refractivity contribution in [2.45, 2.75) is 26.9 Å². The first-order valence-corrected chi connectivity index (χ1v) is 7.00. The second-order valence-corrected chi connectivity index (χ2v) is 5.46. The summed E-state index contributed by atoms with van der Waals surface area (Å²) in [4.78, 5) is 4.34. The van der Waals surface area contributed by atoms with Crippen LogP contribution >= 0.6 is 15.9 Å². The average Bonchev–Trinajstić information content (AvgIpc) is 2.36. The molecule has 0 aliphatic heterocycles. The lowest BCUT2D eigenvalue weighted by atomic mass is 10.2. The summed E-state index contributed by atoms with van der Waals surface area (Å²) in [5.74, 6) is 1.64. The second-order valence-electron chi connectivity index (χ2n) is 4.61. The summed E-state index contributed by atoms with van der Waals surface area (Å²) >= 11 is 3.45. The van der Waals surface area contributed by atoms with Crippen molar-refractivity contribution in [2.75, 3.05) is 5.32 Å². The fourth-order valence-electron chi connectivity index (χ4n) is 1.67. The largest absolute Gasteiger partial charge is 0.489 e. The highest BCUT2D eigenvalue weighted by Gasteiger charge is 2.06. The minimum atomic E-state index is 0.141. The molecule has 19 heavy (non-hydrogen) atoms. The Kier molecular flexibility index (Phi) is 4.43. The molecule has 0 atom stereocenters. The van der Waals surface area contributed by atoms with Gasteiger partial charge in [0.2, 0.25) is 0 Å². The van der Waals surface area contributed by atoms with Gasteiger partial charge in [-0.1, -0.05) is 12.1 Å². The van der Waals surface area contributed by atoms with E-state index >= 15 is 0 Å². The fourth-order valence-corrected chi connectivity index (χ4v) is 1.89. The van der Waals surface area contributed by atoms with E-state index in [1.165, 1.54) is 0 Å². The molecule has 2 rings (SSSR count). The topological polar surface area (TPSA) is 34.1 Å². The predicted molar refractivity (Wildman–Crippen MR) is 82.2 cm³/mol. The molecular formula is C15H17BrN2O. The summed E-state index contributed by atoms with van der Waals surface area (Å²) < 4.78 is 6.78. The van der Waals surface area contributed by atoms with Crippen LogP contribution in [0.15, 0.2) is 41.0 Å². The fraction of sp³-hybridized carbons (Fsp3) is 0.267. The maximum absolute atomic E-state index is 5.77. The first kappa shape index (κ1) is 13.9. The Balaban J connectivity index is 2.25. The number of halogens is 1. The molecule has 0 saturated carbocycles. The molecule has 3 nitrogen and oxygen atoms in total. The number of rotatable bonds is 4. The molecule has 1 aromatic heterocycles. The predicted octanol–water partition coefficient (Wildman–Crippen LogP) is 4.68. The van der Waals surface area contributed by atoms with Crippen LogP contribution < -0.4 is 10.1 Å². The van der Waals surface area contributed by atoms with Gasteiger partial charge in [0, 0.05) is 10.7 Å². The number of nitrogens with zero attached hydrogens (tertiary/aromatic N) is 1. The van der Waals surface area contributed by atoms with E-state index in [1.54, 1.807) is 6.20 Å². The third-order valence-electron chi connectivity index (χ3n) is 2.56. The zero-order valence-corrected chi connectivity index (χ0v) is 12.9. The Morgan fingerprint density at radius 1 is 1.26 bits per heavy atom. The molecule has 0 fully saturated rings. The molecule has 1 N–H and O–H groups in total. The van der Waals surface area contributed by atoms with Gasteiger partial charge in [-0.15, -0.1) is 0 Å². The Hall–Kier alpha value is -1.55. The van der Waals surface area contributed by atoms with Crippen LogP contribution in [0.5, 0.6) is 5.75 Å². The Labute approximate surface area is 122 Å². The van der Waals surface area contributed by atoms with E-state index in [2.05, 4.69) is 26.2 Å². The summed E-state index contributed by atoms with van der Waals surface area (Å²) in [6.07, 6.45) is 1.94. The number of nitrogens with one attached hydrogen (secondary N) is 1. The molecule has 0 saturated heterocycles. The first-order valence-electron chi connectivity index (χ1n) is 6.21. The minimum absolute atomic E-state index is 0.141. The van der Waals surface area contributed by atoms with Crippen LogP contribution in [0.1, 0.15) is 19.4 Å². The van der Waals surface area contributed by atoms with E-state index in [4.69, 9.17) is 4.74 Å². The van der Waals surface area contributed by atoms with Crippen molar-refractivity contribution in [2.24, 2.45) is 0 Å². The maximum Gasteiger partial charge on any atom is 0.143 e. The minimum Gasteiger partial charge on any atom is -0.489 e. The molecule has 0 radical (unpaired) electrons. The van der Waals surface area contributed by atoms with Crippen molar-refractivity contribution in [3.05, 3.63) is 46.6 Å². The van der Waals surface area contributed by atoms with Crippen LogP contribution in [0.4, 0.5) is 11.5 Å². The van der Waals surface area contributed by atoms with Gasteiger partial charge in [0.1, 0.15) is 11.6 Å². The molecular weight excluding hydrogens is 304 g/mol. The number of aromatic nitrogens is 1. The standard InChI is InChI=1S/C15H17BrN2O/c1-10(2)19-14-7-5-4-6-13(14)18-15-8-11(3)12(16)9-17-15/h4-10H,1-3H3,(H,17,18). The highest BCUT2D eigenvalue weighted by Crippen LogP contribution is 2.28. The molecule has 1 aromatic carbocycles. The van der Waals surface area contributed by atoms with E-state index in [9.17, 15) is 0 Å². The van der Waals surface area contributed by atoms with Gasteiger partial charge in [-0.25, -0.2) is 4.98 Å². The van der Waals surface area contributed by atoms with Crippen molar-refractivity contribution in [3.63, 3.8) is 0 Å². The summed E-state index contributed by atoms with van der Waals surface area (Å²) in [7, 11) is 0. The van der Waals surface area contributed by atoms with Crippen LogP contribution in [0.25, 0.3) is 0 Å². The Bertz CT molecular complexity index is 570. The molecule has 0 amide bonds. The maximum atomic E-state index is 5.77. The molecule has 4 heteroatoms. The SMILES string of the molecule is Cc1cc(Nc2ccccc2OC(C)C)ncc1Br. The van der Waals surface area contributed by atoms with E-state index in [1.807, 2.05) is 51.1 Å². The number of aryl methyl sites for hydroxylation is 1.